The molecule has 0 radical (unpaired) electrons. The molecule has 0 aliphatic heterocycles. The topological polar surface area (TPSA) is 39.1 Å². The molecular formula is C15H21N3. The minimum absolute atomic E-state index is 0.732. The quantitative estimate of drug-likeness (QED) is 0.835. The number of hydrogen-bond donors (Lipinski definition) is 1. The molecule has 18 heavy (non-hydrogen) atoms. The van der Waals surface area contributed by atoms with Crippen LogP contribution in [0.3, 0.4) is 0 Å². The van der Waals surface area contributed by atoms with Crippen LogP contribution < -0.4 is 5.32 Å². The molecular weight excluding hydrogens is 222 g/mol. The molecule has 0 spiro atoms. The molecule has 0 saturated heterocycles. The van der Waals surface area contributed by atoms with Crippen molar-refractivity contribution in [3.8, 4) is 6.07 Å². The first kappa shape index (κ1) is 12.9. The molecule has 1 aromatic rings. The normalized spacial score (nSPS) is 14.6. The van der Waals surface area contributed by atoms with Gasteiger partial charge in [-0.25, -0.2) is 0 Å². The number of benzene rings is 1. The van der Waals surface area contributed by atoms with E-state index < -0.39 is 0 Å². The second-order valence-electron chi connectivity index (χ2n) is 4.95. The third-order valence-corrected chi connectivity index (χ3v) is 3.48. The van der Waals surface area contributed by atoms with Crippen LogP contribution in [-0.4, -0.2) is 30.6 Å². The largest absolute Gasteiger partial charge is 0.383 e. The summed E-state index contributed by atoms with van der Waals surface area (Å²) in [6.07, 6.45) is 2.70. The Morgan fingerprint density at radius 2 is 2.22 bits per heavy atom. The number of nitrogens with zero attached hydrogens (tertiary/aromatic N) is 2. The third kappa shape index (κ3) is 3.24. The number of rotatable bonds is 6. The van der Waals surface area contributed by atoms with Crippen molar-refractivity contribution in [3.05, 3.63) is 29.3 Å². The van der Waals surface area contributed by atoms with E-state index >= 15 is 0 Å². The van der Waals surface area contributed by atoms with E-state index in [0.29, 0.717) is 0 Å². The second-order valence-corrected chi connectivity index (χ2v) is 4.95. The monoisotopic (exact) mass is 243 g/mol. The van der Waals surface area contributed by atoms with Gasteiger partial charge in [-0.15, -0.1) is 0 Å². The van der Waals surface area contributed by atoms with E-state index in [1.54, 1.807) is 0 Å². The van der Waals surface area contributed by atoms with Crippen LogP contribution in [0.5, 0.6) is 0 Å². The first-order valence-corrected chi connectivity index (χ1v) is 6.73. The summed E-state index contributed by atoms with van der Waals surface area (Å²) in [6.45, 7) is 7.34. The van der Waals surface area contributed by atoms with Crippen LogP contribution in [0, 0.1) is 18.3 Å². The number of likely N-dealkylation sites (N-methyl/N-ethyl adjacent to an activating group) is 1. The Bertz CT molecular complexity index is 444. The van der Waals surface area contributed by atoms with Crippen molar-refractivity contribution in [2.45, 2.75) is 32.7 Å². The van der Waals surface area contributed by atoms with Crippen molar-refractivity contribution >= 4 is 5.69 Å². The van der Waals surface area contributed by atoms with Gasteiger partial charge >= 0.3 is 0 Å². The van der Waals surface area contributed by atoms with Gasteiger partial charge in [0.05, 0.1) is 11.3 Å². The summed E-state index contributed by atoms with van der Waals surface area (Å²) in [5.74, 6) is 0. The maximum absolute atomic E-state index is 9.06. The smallest absolute Gasteiger partial charge is 0.101 e. The van der Waals surface area contributed by atoms with Gasteiger partial charge in [0.1, 0.15) is 6.07 Å². The number of nitrogens with one attached hydrogen (secondary N) is 1. The van der Waals surface area contributed by atoms with Crippen LogP contribution in [0.15, 0.2) is 18.2 Å². The summed E-state index contributed by atoms with van der Waals surface area (Å²) in [6, 6.07) is 8.95. The molecule has 3 heteroatoms. The van der Waals surface area contributed by atoms with Crippen molar-refractivity contribution in [3.63, 3.8) is 0 Å². The highest BCUT2D eigenvalue weighted by Gasteiger charge is 2.27. The molecule has 0 atom stereocenters. The zero-order valence-electron chi connectivity index (χ0n) is 11.2. The molecule has 96 valence electrons. The first-order chi connectivity index (χ1) is 8.74. The molecule has 0 amide bonds. The molecule has 1 aliphatic carbocycles. The van der Waals surface area contributed by atoms with Gasteiger partial charge in [0.25, 0.3) is 0 Å². The van der Waals surface area contributed by atoms with E-state index in [-0.39, 0.29) is 0 Å². The molecule has 0 bridgehead atoms. The fourth-order valence-corrected chi connectivity index (χ4v) is 2.27. The lowest BCUT2D eigenvalue weighted by molar-refractivity contribution is 0.289. The standard InChI is InChI=1S/C15H21N3/c1-3-18(14-6-7-14)9-8-17-15-10-12(2)4-5-13(15)11-16/h4-5,10,14,17H,3,6-9H2,1-2H3. The summed E-state index contributed by atoms with van der Waals surface area (Å²) >= 11 is 0. The van der Waals surface area contributed by atoms with Gasteiger partial charge in [-0.3, -0.25) is 4.90 Å². The summed E-state index contributed by atoms with van der Waals surface area (Å²) in [5, 5.41) is 12.5. The summed E-state index contributed by atoms with van der Waals surface area (Å²) in [5.41, 5.74) is 2.88. The predicted octanol–water partition coefficient (Wildman–Crippen LogP) is 2.76. The van der Waals surface area contributed by atoms with E-state index in [9.17, 15) is 0 Å². The summed E-state index contributed by atoms with van der Waals surface area (Å²) in [4.78, 5) is 2.51. The molecule has 1 aromatic carbocycles. The molecule has 1 aliphatic rings. The molecule has 2 rings (SSSR count). The minimum Gasteiger partial charge on any atom is -0.383 e. The zero-order valence-corrected chi connectivity index (χ0v) is 11.2. The van der Waals surface area contributed by atoms with Gasteiger partial charge in [-0.2, -0.15) is 5.26 Å². The Morgan fingerprint density at radius 1 is 1.44 bits per heavy atom. The third-order valence-electron chi connectivity index (χ3n) is 3.48. The summed E-state index contributed by atoms with van der Waals surface area (Å²) < 4.78 is 0. The van der Waals surface area contributed by atoms with E-state index in [1.165, 1.54) is 18.4 Å². The van der Waals surface area contributed by atoms with Gasteiger partial charge in [0.15, 0.2) is 0 Å². The first-order valence-electron chi connectivity index (χ1n) is 6.73. The van der Waals surface area contributed by atoms with E-state index in [0.717, 1.165) is 36.9 Å². The highest BCUT2D eigenvalue weighted by Crippen LogP contribution is 2.26. The van der Waals surface area contributed by atoms with Gasteiger partial charge in [-0.1, -0.05) is 13.0 Å². The second kappa shape index (κ2) is 5.88. The molecule has 3 nitrogen and oxygen atoms in total. The lowest BCUT2D eigenvalue weighted by atomic mass is 10.1. The zero-order chi connectivity index (χ0) is 13.0. The highest BCUT2D eigenvalue weighted by atomic mass is 15.2. The Morgan fingerprint density at radius 3 is 2.83 bits per heavy atom. The lowest BCUT2D eigenvalue weighted by Crippen LogP contribution is -2.31. The molecule has 1 fully saturated rings. The molecule has 1 N–H and O–H groups in total. The minimum atomic E-state index is 0.732. The van der Waals surface area contributed by atoms with Crippen LogP contribution >= 0.6 is 0 Å². The molecule has 0 unspecified atom stereocenters. The fourth-order valence-electron chi connectivity index (χ4n) is 2.27. The number of aryl methyl sites for hydroxylation is 1. The average Bonchev–Trinajstić information content (AvgIpc) is 3.19. The maximum atomic E-state index is 9.06. The number of anilines is 1. The predicted molar refractivity (Wildman–Crippen MR) is 74.7 cm³/mol. The van der Waals surface area contributed by atoms with Crippen LogP contribution in [0.2, 0.25) is 0 Å². The van der Waals surface area contributed by atoms with E-state index in [1.807, 2.05) is 18.2 Å². The average molecular weight is 243 g/mol. The molecule has 1 saturated carbocycles. The molecule has 0 aromatic heterocycles. The van der Waals surface area contributed by atoms with E-state index in [4.69, 9.17) is 5.26 Å². The van der Waals surface area contributed by atoms with Crippen molar-refractivity contribution in [1.82, 2.24) is 4.90 Å². The van der Waals surface area contributed by atoms with Gasteiger partial charge < -0.3 is 5.32 Å². The summed E-state index contributed by atoms with van der Waals surface area (Å²) in [7, 11) is 0. The molecule has 0 heterocycles. The Labute approximate surface area is 109 Å². The maximum Gasteiger partial charge on any atom is 0.101 e. The Balaban J connectivity index is 1.89. The van der Waals surface area contributed by atoms with Crippen LogP contribution in [-0.2, 0) is 0 Å². The van der Waals surface area contributed by atoms with Crippen molar-refractivity contribution in [1.29, 1.82) is 5.26 Å². The van der Waals surface area contributed by atoms with E-state index in [2.05, 4.69) is 30.1 Å². The van der Waals surface area contributed by atoms with Crippen molar-refractivity contribution in [2.24, 2.45) is 0 Å². The van der Waals surface area contributed by atoms with Crippen LogP contribution in [0.1, 0.15) is 30.9 Å². The lowest BCUT2D eigenvalue weighted by Gasteiger charge is -2.20. The van der Waals surface area contributed by atoms with Crippen molar-refractivity contribution in [2.75, 3.05) is 25.0 Å². The number of nitriles is 1. The van der Waals surface area contributed by atoms with Gasteiger partial charge in [0.2, 0.25) is 0 Å². The highest BCUT2D eigenvalue weighted by molar-refractivity contribution is 5.58. The van der Waals surface area contributed by atoms with Crippen molar-refractivity contribution < 1.29 is 0 Å². The van der Waals surface area contributed by atoms with Gasteiger partial charge in [0, 0.05) is 19.1 Å². The van der Waals surface area contributed by atoms with Gasteiger partial charge in [-0.05, 0) is 44.0 Å². The Hall–Kier alpha value is -1.53. The SMILES string of the molecule is CCN(CCNc1cc(C)ccc1C#N)C1CC1. The fraction of sp³-hybridized carbons (Fsp3) is 0.533. The van der Waals surface area contributed by atoms with Crippen LogP contribution in [0.4, 0.5) is 5.69 Å². The Kier molecular flexibility index (Phi) is 4.22. The van der Waals surface area contributed by atoms with Crippen LogP contribution in [0.25, 0.3) is 0 Å². The number of hydrogen-bond acceptors (Lipinski definition) is 3.